The van der Waals surface area contributed by atoms with Gasteiger partial charge in [-0.05, 0) is 60.0 Å². The van der Waals surface area contributed by atoms with E-state index >= 15 is 0 Å². The largest absolute Gasteiger partial charge is 0.507 e. The summed E-state index contributed by atoms with van der Waals surface area (Å²) < 4.78 is 10.5. The third-order valence-electron chi connectivity index (χ3n) is 6.43. The van der Waals surface area contributed by atoms with Crippen LogP contribution < -0.4 is 4.74 Å². The van der Waals surface area contributed by atoms with E-state index in [-0.39, 0.29) is 24.0 Å². The zero-order chi connectivity index (χ0) is 25.4. The maximum atomic E-state index is 13.3. The molecule has 8 nitrogen and oxygen atoms in total. The maximum absolute atomic E-state index is 13.3. The number of likely N-dealkylation sites (tertiary alicyclic amines) is 1. The predicted molar refractivity (Wildman–Crippen MR) is 130 cm³/mol. The summed E-state index contributed by atoms with van der Waals surface area (Å²) in [5, 5.41) is 11.4. The number of amides is 1. The van der Waals surface area contributed by atoms with Crippen molar-refractivity contribution in [3.63, 3.8) is 0 Å². The second-order valence-electron chi connectivity index (χ2n) is 8.86. The molecule has 3 heterocycles. The molecule has 2 aromatic carbocycles. The van der Waals surface area contributed by atoms with Crippen molar-refractivity contribution in [1.82, 2.24) is 9.88 Å². The highest BCUT2D eigenvalue weighted by atomic mass is 16.5. The molecule has 1 fully saturated rings. The lowest BCUT2D eigenvalue weighted by Crippen LogP contribution is -2.29. The summed E-state index contributed by atoms with van der Waals surface area (Å²) in [6.07, 6.45) is 3.96. The van der Waals surface area contributed by atoms with Crippen LogP contribution in [0.2, 0.25) is 0 Å². The Morgan fingerprint density at radius 3 is 2.58 bits per heavy atom. The third-order valence-corrected chi connectivity index (χ3v) is 6.43. The number of hydrogen-bond donors (Lipinski definition) is 1. The van der Waals surface area contributed by atoms with Gasteiger partial charge in [0.25, 0.3) is 11.7 Å². The summed E-state index contributed by atoms with van der Waals surface area (Å²) in [6, 6.07) is 14.4. The number of fused-ring (bicyclic) bond motifs is 1. The van der Waals surface area contributed by atoms with Crippen molar-refractivity contribution in [2.45, 2.75) is 32.0 Å². The van der Waals surface area contributed by atoms with Crippen molar-refractivity contribution < 1.29 is 29.0 Å². The van der Waals surface area contributed by atoms with Crippen LogP contribution in [0.15, 0.2) is 72.6 Å². The minimum Gasteiger partial charge on any atom is -0.507 e. The summed E-state index contributed by atoms with van der Waals surface area (Å²) in [7, 11) is 1.29. The van der Waals surface area contributed by atoms with Gasteiger partial charge >= 0.3 is 5.97 Å². The smallest absolute Gasteiger partial charge is 0.337 e. The van der Waals surface area contributed by atoms with Crippen molar-refractivity contribution >= 4 is 23.4 Å². The van der Waals surface area contributed by atoms with Gasteiger partial charge in [0.2, 0.25) is 0 Å². The first kappa shape index (κ1) is 23.3. The first-order valence-electron chi connectivity index (χ1n) is 11.5. The Morgan fingerprint density at radius 1 is 1.14 bits per heavy atom. The second kappa shape index (κ2) is 9.30. The lowest BCUT2D eigenvalue weighted by molar-refractivity contribution is -0.140. The number of hydrogen-bond acceptors (Lipinski definition) is 7. The molecule has 182 valence electrons. The SMILES string of the molecule is COC(=O)c1ccc([C@H]2/C(=C(\O)c3ccc4c(c3)C[C@@H](C)O4)C(=O)C(=O)N2Cc2cccnc2)cc1. The third kappa shape index (κ3) is 4.11. The fourth-order valence-electron chi connectivity index (χ4n) is 4.72. The van der Waals surface area contributed by atoms with Crippen molar-refractivity contribution in [1.29, 1.82) is 0 Å². The van der Waals surface area contributed by atoms with Gasteiger partial charge in [-0.2, -0.15) is 0 Å². The van der Waals surface area contributed by atoms with Gasteiger partial charge in [0.1, 0.15) is 17.6 Å². The second-order valence-corrected chi connectivity index (χ2v) is 8.86. The number of rotatable bonds is 5. The number of benzene rings is 2. The average Bonchev–Trinajstić information content (AvgIpc) is 3.39. The number of methoxy groups -OCH3 is 1. The number of pyridine rings is 1. The number of Topliss-reactive ketones (excluding diaryl/α,β-unsaturated/α-hetero) is 1. The van der Waals surface area contributed by atoms with E-state index in [0.717, 1.165) is 16.9 Å². The van der Waals surface area contributed by atoms with Gasteiger partial charge in [-0.1, -0.05) is 18.2 Å². The van der Waals surface area contributed by atoms with Gasteiger partial charge in [-0.25, -0.2) is 4.79 Å². The summed E-state index contributed by atoms with van der Waals surface area (Å²) in [4.78, 5) is 43.9. The molecule has 1 N–H and O–H groups in total. The van der Waals surface area contributed by atoms with Crippen LogP contribution in [-0.4, -0.2) is 45.9 Å². The minimum atomic E-state index is -0.861. The Morgan fingerprint density at radius 2 is 1.89 bits per heavy atom. The van der Waals surface area contributed by atoms with Crippen molar-refractivity contribution in [3.05, 3.63) is 100 Å². The molecule has 0 unspecified atom stereocenters. The fourth-order valence-corrected chi connectivity index (χ4v) is 4.72. The van der Waals surface area contributed by atoms with Gasteiger partial charge in [-0.15, -0.1) is 0 Å². The zero-order valence-corrected chi connectivity index (χ0v) is 19.8. The van der Waals surface area contributed by atoms with Crippen LogP contribution in [0.1, 0.15) is 45.6 Å². The van der Waals surface area contributed by atoms with Crippen LogP contribution in [0.4, 0.5) is 0 Å². The van der Waals surface area contributed by atoms with E-state index in [0.29, 0.717) is 23.1 Å². The van der Waals surface area contributed by atoms with Gasteiger partial charge in [0, 0.05) is 30.9 Å². The summed E-state index contributed by atoms with van der Waals surface area (Å²) in [5.74, 6) is -1.51. The minimum absolute atomic E-state index is 0.0124. The van der Waals surface area contributed by atoms with E-state index in [2.05, 4.69) is 4.98 Å². The molecule has 2 atom stereocenters. The van der Waals surface area contributed by atoms with Crippen molar-refractivity contribution in [2.75, 3.05) is 7.11 Å². The van der Waals surface area contributed by atoms with Crippen molar-refractivity contribution in [2.24, 2.45) is 0 Å². The van der Waals surface area contributed by atoms with Crippen LogP contribution in [0.5, 0.6) is 5.75 Å². The number of carbonyl (C=O) groups is 3. The maximum Gasteiger partial charge on any atom is 0.337 e. The molecule has 0 aliphatic carbocycles. The molecule has 0 spiro atoms. The Balaban J connectivity index is 1.62. The van der Waals surface area contributed by atoms with E-state index in [1.165, 1.54) is 12.0 Å². The lowest BCUT2D eigenvalue weighted by atomic mass is 9.94. The summed E-state index contributed by atoms with van der Waals surface area (Å²) >= 11 is 0. The van der Waals surface area contributed by atoms with E-state index in [9.17, 15) is 19.5 Å². The van der Waals surface area contributed by atoms with Gasteiger partial charge < -0.3 is 19.5 Å². The van der Waals surface area contributed by atoms with E-state index in [1.807, 2.05) is 13.0 Å². The molecule has 0 radical (unpaired) electrons. The monoisotopic (exact) mass is 484 g/mol. The molecular formula is C28H24N2O6. The molecule has 36 heavy (non-hydrogen) atoms. The van der Waals surface area contributed by atoms with Crippen LogP contribution in [0, 0.1) is 0 Å². The standard InChI is InChI=1S/C28H24N2O6/c1-16-12-21-13-20(9-10-22(21)36-16)25(31)23-24(18-5-7-19(8-6-18)28(34)35-2)30(27(33)26(23)32)15-17-4-3-11-29-14-17/h3-11,13-14,16,24,31H,12,15H2,1-2H3/b25-23+/t16-,24+/m1/s1. The normalized spacial score (nSPS) is 20.2. The fraction of sp³-hybridized carbons (Fsp3) is 0.214. The first-order valence-corrected chi connectivity index (χ1v) is 11.5. The Hall–Kier alpha value is -4.46. The van der Waals surface area contributed by atoms with Crippen LogP contribution in [0.25, 0.3) is 5.76 Å². The van der Waals surface area contributed by atoms with E-state index in [1.54, 1.807) is 60.9 Å². The molecule has 1 saturated heterocycles. The lowest BCUT2D eigenvalue weighted by Gasteiger charge is -2.25. The number of ketones is 1. The molecule has 0 bridgehead atoms. The van der Waals surface area contributed by atoms with Crippen LogP contribution in [-0.2, 0) is 27.3 Å². The molecule has 0 saturated carbocycles. The van der Waals surface area contributed by atoms with Crippen LogP contribution >= 0.6 is 0 Å². The van der Waals surface area contributed by atoms with Crippen molar-refractivity contribution in [3.8, 4) is 5.75 Å². The number of carbonyl (C=O) groups excluding carboxylic acids is 3. The molecule has 2 aliphatic heterocycles. The molecule has 2 aliphatic rings. The highest BCUT2D eigenvalue weighted by Crippen LogP contribution is 2.41. The highest BCUT2D eigenvalue weighted by Gasteiger charge is 2.46. The number of esters is 1. The summed E-state index contributed by atoms with van der Waals surface area (Å²) in [5.41, 5.74) is 2.99. The topological polar surface area (TPSA) is 106 Å². The van der Waals surface area contributed by atoms with Gasteiger partial charge in [0.15, 0.2) is 0 Å². The Bertz CT molecular complexity index is 1380. The molecule has 1 amide bonds. The first-order chi connectivity index (χ1) is 17.4. The van der Waals surface area contributed by atoms with E-state index < -0.39 is 23.7 Å². The Kier molecular flexibility index (Phi) is 6.01. The number of aliphatic hydroxyl groups is 1. The molecule has 1 aromatic heterocycles. The zero-order valence-electron chi connectivity index (χ0n) is 19.8. The molecule has 5 rings (SSSR count). The number of ether oxygens (including phenoxy) is 2. The predicted octanol–water partition coefficient (Wildman–Crippen LogP) is 3.81. The van der Waals surface area contributed by atoms with Gasteiger partial charge in [0.05, 0.1) is 24.3 Å². The van der Waals surface area contributed by atoms with Gasteiger partial charge in [-0.3, -0.25) is 14.6 Å². The highest BCUT2D eigenvalue weighted by molar-refractivity contribution is 6.46. The summed E-state index contributed by atoms with van der Waals surface area (Å²) in [6.45, 7) is 2.08. The van der Waals surface area contributed by atoms with Crippen LogP contribution in [0.3, 0.4) is 0 Å². The molecular weight excluding hydrogens is 460 g/mol. The quantitative estimate of drug-likeness (QED) is 0.254. The number of aromatic nitrogens is 1. The van der Waals surface area contributed by atoms with E-state index in [4.69, 9.17) is 9.47 Å². The number of aliphatic hydroxyl groups excluding tert-OH is 1. The molecule has 8 heteroatoms. The molecule has 3 aromatic rings. The average molecular weight is 485 g/mol. The number of nitrogens with zero attached hydrogens (tertiary/aromatic N) is 2. The Labute approximate surface area is 207 Å².